The first-order chi connectivity index (χ1) is 27.3. The third-order valence-electron chi connectivity index (χ3n) is 11.6. The summed E-state index contributed by atoms with van der Waals surface area (Å²) in [6.07, 6.45) is 7.55. The zero-order valence-electron chi connectivity index (χ0n) is 35.0. The van der Waals surface area contributed by atoms with E-state index >= 15 is 0 Å². The van der Waals surface area contributed by atoms with Gasteiger partial charge >= 0.3 is 11.8 Å². The van der Waals surface area contributed by atoms with Gasteiger partial charge in [-0.1, -0.05) is 45.9 Å². The summed E-state index contributed by atoms with van der Waals surface area (Å²) in [4.78, 5) is 42.6. The fraction of sp³-hybridized carbons (Fsp3) is 0.535. The summed E-state index contributed by atoms with van der Waals surface area (Å²) in [6, 6.07) is 0. The normalized spacial score (nSPS) is 31.1. The average Bonchev–Trinajstić information content (AvgIpc) is 3.44. The number of hydrogen-bond donors (Lipinski definition) is 5. The summed E-state index contributed by atoms with van der Waals surface area (Å²) in [5.41, 5.74) is -0.149. The first kappa shape index (κ1) is 44.0. The van der Waals surface area contributed by atoms with Gasteiger partial charge in [-0.05, 0) is 45.2 Å². The maximum absolute atomic E-state index is 14.4. The molecular formula is C43H58N4O11. The Morgan fingerprint density at radius 3 is 2.31 bits per heavy atom. The predicted molar refractivity (Wildman–Crippen MR) is 219 cm³/mol. The van der Waals surface area contributed by atoms with Crippen LogP contribution in [-0.2, 0) is 23.8 Å². The Morgan fingerprint density at radius 2 is 1.67 bits per heavy atom. The van der Waals surface area contributed by atoms with E-state index in [1.165, 1.54) is 40.4 Å². The second-order valence-corrected chi connectivity index (χ2v) is 16.1. The van der Waals surface area contributed by atoms with Gasteiger partial charge in [0.15, 0.2) is 5.75 Å². The number of methoxy groups -OCH3 is 1. The smallest absolute Gasteiger partial charge is 0.312 e. The number of likely N-dealkylation sites (N-methyl/N-ethyl adjacent to an activating group) is 1. The number of nitrogens with one attached hydrogen (secondary N) is 1. The number of hydrazone groups is 1. The van der Waals surface area contributed by atoms with Gasteiger partial charge in [0.1, 0.15) is 23.4 Å². The molecule has 1 saturated heterocycles. The topological polar surface area (TPSA) is 200 Å². The highest BCUT2D eigenvalue weighted by Crippen LogP contribution is 2.55. The number of fused-ring (bicyclic) bond motifs is 14. The number of esters is 1. The number of carbonyl (C=O) groups is 3. The minimum absolute atomic E-state index is 0.0243. The second kappa shape index (κ2) is 17.8. The number of carbonyl (C=O) groups excluding carboxylic acids is 3. The molecule has 0 aliphatic carbocycles. The number of amides is 1. The van der Waals surface area contributed by atoms with E-state index in [9.17, 15) is 34.8 Å². The van der Waals surface area contributed by atoms with Crippen LogP contribution in [0.4, 0.5) is 5.69 Å². The number of phenolic OH excluding ortho intramolecular Hbond substituents is 3. The zero-order valence-corrected chi connectivity index (χ0v) is 35.0. The van der Waals surface area contributed by atoms with Crippen molar-refractivity contribution < 1.29 is 53.8 Å². The molecule has 6 rings (SSSR count). The van der Waals surface area contributed by atoms with Crippen LogP contribution >= 0.6 is 0 Å². The van der Waals surface area contributed by atoms with Crippen LogP contribution in [-0.4, -0.2) is 119 Å². The van der Waals surface area contributed by atoms with Crippen LogP contribution in [0.3, 0.4) is 0 Å². The van der Waals surface area contributed by atoms with Gasteiger partial charge in [0.2, 0.25) is 0 Å². The van der Waals surface area contributed by atoms with Crippen LogP contribution < -0.4 is 10.1 Å². The summed E-state index contributed by atoms with van der Waals surface area (Å²) >= 11 is 0. The van der Waals surface area contributed by atoms with Crippen LogP contribution in [0.1, 0.15) is 76.4 Å². The molecule has 5 bridgehead atoms. The van der Waals surface area contributed by atoms with Crippen molar-refractivity contribution in [3.8, 4) is 23.0 Å². The van der Waals surface area contributed by atoms with E-state index in [1.807, 2.05) is 40.8 Å². The largest absolute Gasteiger partial charge is 0.507 e. The summed E-state index contributed by atoms with van der Waals surface area (Å²) in [5, 5.41) is 55.6. The molecule has 0 radical (unpaired) electrons. The van der Waals surface area contributed by atoms with Crippen molar-refractivity contribution in [1.29, 1.82) is 0 Å². The minimum Gasteiger partial charge on any atom is -0.507 e. The van der Waals surface area contributed by atoms with E-state index in [0.717, 1.165) is 13.1 Å². The first-order valence-electron chi connectivity index (χ1n) is 19.7. The molecule has 4 aliphatic rings. The molecule has 4 heterocycles. The molecule has 8 unspecified atom stereocenters. The van der Waals surface area contributed by atoms with Crippen molar-refractivity contribution >= 4 is 40.3 Å². The highest BCUT2D eigenvalue weighted by atomic mass is 16.7. The lowest BCUT2D eigenvalue weighted by molar-refractivity contribution is -0.159. The number of phenols is 3. The van der Waals surface area contributed by atoms with Gasteiger partial charge in [-0.15, -0.1) is 0 Å². The third-order valence-corrected chi connectivity index (χ3v) is 11.6. The lowest BCUT2D eigenvalue weighted by atomic mass is 9.79. The second-order valence-electron chi connectivity index (χ2n) is 16.1. The maximum atomic E-state index is 14.4. The predicted octanol–water partition coefficient (Wildman–Crippen LogP) is 5.36. The van der Waals surface area contributed by atoms with Gasteiger partial charge < -0.3 is 49.6 Å². The number of aliphatic hydroxyl groups excluding tert-OH is 1. The third kappa shape index (κ3) is 8.81. The molecule has 2 aromatic rings. The van der Waals surface area contributed by atoms with Crippen molar-refractivity contribution in [3.05, 3.63) is 52.8 Å². The number of ether oxygens (including phenoxy) is 4. The Labute approximate surface area is 339 Å². The van der Waals surface area contributed by atoms with E-state index in [-0.39, 0.29) is 56.3 Å². The number of benzene rings is 2. The number of nitrogens with zero attached hydrogens (tertiary/aromatic N) is 3. The summed E-state index contributed by atoms with van der Waals surface area (Å²) in [6.45, 7) is 15.9. The minimum atomic E-state index is -2.01. The Bertz CT molecular complexity index is 2040. The summed E-state index contributed by atoms with van der Waals surface area (Å²) in [5.74, 6) is -6.83. The first-order valence-corrected chi connectivity index (χ1v) is 19.7. The van der Waals surface area contributed by atoms with Crippen LogP contribution in [0.25, 0.3) is 10.8 Å². The van der Waals surface area contributed by atoms with Gasteiger partial charge in [0.25, 0.3) is 11.7 Å². The number of aromatic hydroxyl groups is 3. The number of allylic oxidation sites excluding steroid dienone is 3. The lowest BCUT2D eigenvalue weighted by Crippen LogP contribution is -2.44. The molecule has 15 heteroatoms. The lowest BCUT2D eigenvalue weighted by Gasteiger charge is -2.36. The summed E-state index contributed by atoms with van der Waals surface area (Å²) < 4.78 is 23.7. The molecule has 316 valence electrons. The SMILES string of the molecule is COC1/C=C/OC2(C)Oc3c(C)c(O)c4c(O)c(c(/C=N\N5CCN(C)CC5)c(O)c4c3C2=O)NC(=O)/C(C)=C\C=C\C(C)CC(C)C(O)C(C)C(OC(C)=O)C1C. The number of aliphatic hydroxyl groups is 1. The quantitative estimate of drug-likeness (QED) is 0.115. The van der Waals surface area contributed by atoms with Crippen molar-refractivity contribution in [2.45, 2.75) is 85.9 Å². The van der Waals surface area contributed by atoms with E-state index in [4.69, 9.17) is 18.9 Å². The fourth-order valence-corrected chi connectivity index (χ4v) is 7.99. The van der Waals surface area contributed by atoms with Gasteiger partial charge in [-0.25, -0.2) is 0 Å². The fourth-order valence-electron chi connectivity index (χ4n) is 7.99. The van der Waals surface area contributed by atoms with Gasteiger partial charge in [-0.2, -0.15) is 5.10 Å². The molecule has 0 spiro atoms. The number of ketones is 1. The number of piperazine rings is 1. The molecule has 0 aromatic heterocycles. The number of anilines is 1. The highest BCUT2D eigenvalue weighted by Gasteiger charge is 2.50. The molecular weight excluding hydrogens is 748 g/mol. The van der Waals surface area contributed by atoms with Crippen molar-refractivity contribution in [3.63, 3.8) is 0 Å². The van der Waals surface area contributed by atoms with Gasteiger partial charge in [0, 0.05) is 75.5 Å². The average molecular weight is 807 g/mol. The molecule has 8 atom stereocenters. The number of Topliss-reactive ketones (excluding diaryl/α,β-unsaturated/α-hetero) is 1. The Hall–Kier alpha value is -5.12. The molecule has 0 saturated carbocycles. The number of hydrogen-bond acceptors (Lipinski definition) is 14. The Balaban J connectivity index is 1.69. The van der Waals surface area contributed by atoms with E-state index in [2.05, 4.69) is 15.3 Å². The van der Waals surface area contributed by atoms with Crippen LogP contribution in [0.2, 0.25) is 0 Å². The van der Waals surface area contributed by atoms with E-state index in [1.54, 1.807) is 30.2 Å². The van der Waals surface area contributed by atoms with Crippen molar-refractivity contribution in [2.75, 3.05) is 45.7 Å². The molecule has 15 nitrogen and oxygen atoms in total. The Morgan fingerprint density at radius 1 is 1.00 bits per heavy atom. The molecule has 2 aromatic carbocycles. The molecule has 5 N–H and O–H groups in total. The van der Waals surface area contributed by atoms with E-state index < -0.39 is 70.8 Å². The standard InChI is InChI=1S/C43H58N4O11/c1-22-12-11-13-23(2)42(54)45-34-29(21-44-47-17-15-46(9)16-18-47)37(51)31-32(38(34)52)36(50)27(6)40-33(31)41(53)43(8,58-40)56-19-14-30(55-10)25(4)39(57-28(7)48)26(5)35(49)24(3)20-22/h11-14,19,21-22,24-26,30,35,39,49-52H,15-18,20H2,1-10H3,(H,45,54)/b12-11+,19-14+,23-13-,44-21-. The molecule has 4 aliphatic heterocycles. The maximum Gasteiger partial charge on any atom is 0.312 e. The van der Waals surface area contributed by atoms with Crippen LogP contribution in [0.15, 0.2) is 41.2 Å². The Kier molecular flexibility index (Phi) is 13.5. The zero-order chi connectivity index (χ0) is 42.8. The van der Waals surface area contributed by atoms with Gasteiger partial charge in [-0.3, -0.25) is 19.4 Å². The van der Waals surface area contributed by atoms with Crippen molar-refractivity contribution in [1.82, 2.24) is 9.91 Å². The van der Waals surface area contributed by atoms with Crippen LogP contribution in [0, 0.1) is 30.6 Å². The monoisotopic (exact) mass is 806 g/mol. The molecule has 1 fully saturated rings. The number of rotatable bonds is 4. The molecule has 58 heavy (non-hydrogen) atoms. The van der Waals surface area contributed by atoms with Crippen LogP contribution in [0.5, 0.6) is 23.0 Å². The van der Waals surface area contributed by atoms with Crippen molar-refractivity contribution in [2.24, 2.45) is 28.8 Å². The molecule has 1 amide bonds. The summed E-state index contributed by atoms with van der Waals surface area (Å²) in [7, 11) is 3.47. The van der Waals surface area contributed by atoms with Gasteiger partial charge in [0.05, 0.1) is 46.9 Å². The van der Waals surface area contributed by atoms with E-state index in [0.29, 0.717) is 19.5 Å². The highest BCUT2D eigenvalue weighted by molar-refractivity contribution is 6.23.